The number of esters is 1. The number of carbonyl (C=O) groups excluding carboxylic acids is 1. The predicted octanol–water partition coefficient (Wildman–Crippen LogP) is 3.93. The van der Waals surface area contributed by atoms with Gasteiger partial charge in [-0.05, 0) is 50.5 Å². The van der Waals surface area contributed by atoms with E-state index in [1.54, 1.807) is 37.3 Å². The zero-order valence-corrected chi connectivity index (χ0v) is 16.3. The number of carbonyl (C=O) groups is 1. The van der Waals surface area contributed by atoms with Gasteiger partial charge < -0.3 is 4.74 Å². The molecule has 0 radical (unpaired) electrons. The van der Waals surface area contributed by atoms with Crippen LogP contribution in [-0.4, -0.2) is 27.5 Å². The molecular weight excluding hydrogens is 362 g/mol. The number of rotatable bonds is 4. The van der Waals surface area contributed by atoms with E-state index in [-0.39, 0.29) is 4.90 Å². The maximum atomic E-state index is 13.3. The molecule has 0 atom stereocenters. The number of fused-ring (bicyclic) bond motifs is 1. The summed E-state index contributed by atoms with van der Waals surface area (Å²) < 4.78 is 33.0. The Morgan fingerprint density at radius 3 is 2.56 bits per heavy atom. The van der Waals surface area contributed by atoms with Gasteiger partial charge in [-0.25, -0.2) is 13.2 Å². The fourth-order valence-corrected chi connectivity index (χ4v) is 4.72. The fraction of sp³-hybridized carbons (Fsp3) is 0.286. The van der Waals surface area contributed by atoms with E-state index in [9.17, 15) is 13.2 Å². The lowest BCUT2D eigenvalue weighted by molar-refractivity contribution is -0.137. The van der Waals surface area contributed by atoms with Crippen LogP contribution in [0.15, 0.2) is 59.5 Å². The first kappa shape index (κ1) is 19.2. The maximum absolute atomic E-state index is 13.3. The first-order chi connectivity index (χ1) is 12.9. The second-order valence-corrected chi connectivity index (χ2v) is 8.29. The molecule has 1 aliphatic heterocycles. The van der Waals surface area contributed by atoms with E-state index in [2.05, 4.69) is 0 Å². The summed E-state index contributed by atoms with van der Waals surface area (Å²) in [7, 11) is -3.69. The minimum Gasteiger partial charge on any atom is -0.463 e. The number of hydrogen-bond donors (Lipinski definition) is 0. The third-order valence-electron chi connectivity index (χ3n) is 4.51. The molecule has 27 heavy (non-hydrogen) atoms. The van der Waals surface area contributed by atoms with E-state index in [0.29, 0.717) is 31.7 Å². The predicted molar refractivity (Wildman–Crippen MR) is 106 cm³/mol. The van der Waals surface area contributed by atoms with Crippen LogP contribution in [0.4, 0.5) is 5.69 Å². The van der Waals surface area contributed by atoms with Gasteiger partial charge in [0.2, 0.25) is 0 Å². The highest BCUT2D eigenvalue weighted by atomic mass is 32.2. The number of benzene rings is 2. The molecule has 6 heteroatoms. The summed E-state index contributed by atoms with van der Waals surface area (Å²) in [5.74, 6) is -0.405. The molecule has 0 spiro atoms. The number of aryl methyl sites for hydroxylation is 1. The summed E-state index contributed by atoms with van der Waals surface area (Å²) in [6.07, 6.45) is 2.70. The molecule has 142 valence electrons. The van der Waals surface area contributed by atoms with Gasteiger partial charge in [0.05, 0.1) is 17.2 Å². The van der Waals surface area contributed by atoms with Crippen LogP contribution in [0.25, 0.3) is 5.57 Å². The van der Waals surface area contributed by atoms with Crippen molar-refractivity contribution in [3.63, 3.8) is 0 Å². The Hall–Kier alpha value is -2.60. The van der Waals surface area contributed by atoms with E-state index < -0.39 is 16.0 Å². The molecule has 0 fully saturated rings. The third kappa shape index (κ3) is 4.06. The number of nitrogens with zero attached hydrogens (tertiary/aromatic N) is 1. The van der Waals surface area contributed by atoms with Crippen LogP contribution in [-0.2, 0) is 19.6 Å². The molecule has 0 saturated carbocycles. The molecule has 0 unspecified atom stereocenters. The van der Waals surface area contributed by atoms with E-state index in [0.717, 1.165) is 16.7 Å². The number of allylic oxidation sites excluding steroid dienone is 1. The van der Waals surface area contributed by atoms with E-state index in [4.69, 9.17) is 4.74 Å². The smallest absolute Gasteiger partial charge is 0.331 e. The van der Waals surface area contributed by atoms with Crippen molar-refractivity contribution in [2.75, 3.05) is 17.5 Å². The lowest BCUT2D eigenvalue weighted by Crippen LogP contribution is -2.31. The SMILES string of the molecule is CCOC(=O)/C=C1/CCCN(S(=O)(=O)c2ccc(C)cc2)c2ccccc21. The molecule has 0 amide bonds. The number of para-hydroxylation sites is 1. The van der Waals surface area contributed by atoms with Crippen LogP contribution >= 0.6 is 0 Å². The molecule has 1 aliphatic rings. The molecule has 5 nitrogen and oxygen atoms in total. The molecule has 0 aliphatic carbocycles. The molecular formula is C21H23NO4S. The Bertz CT molecular complexity index is 962. The standard InChI is InChI=1S/C21H23NO4S/c1-3-26-21(23)15-17-7-6-14-22(20-9-5-4-8-19(17)20)27(24,25)18-12-10-16(2)11-13-18/h4-5,8-13,15H,3,6-7,14H2,1-2H3/b17-15-. The number of hydrogen-bond acceptors (Lipinski definition) is 4. The van der Waals surface area contributed by atoms with Gasteiger partial charge in [-0.2, -0.15) is 0 Å². The minimum atomic E-state index is -3.69. The number of sulfonamides is 1. The van der Waals surface area contributed by atoms with Gasteiger partial charge in [0.15, 0.2) is 0 Å². The van der Waals surface area contributed by atoms with E-state index in [1.807, 2.05) is 25.1 Å². The van der Waals surface area contributed by atoms with Crippen LogP contribution in [0.3, 0.4) is 0 Å². The van der Waals surface area contributed by atoms with Gasteiger partial charge in [-0.1, -0.05) is 35.9 Å². The summed E-state index contributed by atoms with van der Waals surface area (Å²) in [6.45, 7) is 4.34. The Morgan fingerprint density at radius 2 is 1.85 bits per heavy atom. The quantitative estimate of drug-likeness (QED) is 0.591. The van der Waals surface area contributed by atoms with Crippen molar-refractivity contribution < 1.29 is 17.9 Å². The number of anilines is 1. The van der Waals surface area contributed by atoms with Crippen LogP contribution in [0.2, 0.25) is 0 Å². The molecule has 0 aromatic heterocycles. The van der Waals surface area contributed by atoms with Crippen molar-refractivity contribution >= 4 is 27.3 Å². The lowest BCUT2D eigenvalue weighted by Gasteiger charge is -2.24. The van der Waals surface area contributed by atoms with Crippen LogP contribution < -0.4 is 4.31 Å². The first-order valence-electron chi connectivity index (χ1n) is 8.99. The van der Waals surface area contributed by atoms with Gasteiger partial charge in [0, 0.05) is 18.2 Å². The Labute approximate surface area is 160 Å². The lowest BCUT2D eigenvalue weighted by atomic mass is 10.0. The van der Waals surface area contributed by atoms with Crippen LogP contribution in [0, 0.1) is 6.92 Å². The average Bonchev–Trinajstić information content (AvgIpc) is 2.82. The molecule has 0 N–H and O–H groups in total. The second kappa shape index (κ2) is 7.96. The van der Waals surface area contributed by atoms with Crippen molar-refractivity contribution in [3.8, 4) is 0 Å². The number of ether oxygens (including phenoxy) is 1. The Morgan fingerprint density at radius 1 is 1.15 bits per heavy atom. The van der Waals surface area contributed by atoms with Gasteiger partial charge in [-0.15, -0.1) is 0 Å². The van der Waals surface area contributed by atoms with E-state index >= 15 is 0 Å². The highest BCUT2D eigenvalue weighted by Crippen LogP contribution is 2.36. The van der Waals surface area contributed by atoms with Crippen LogP contribution in [0.1, 0.15) is 30.9 Å². The van der Waals surface area contributed by atoms with Gasteiger partial charge in [0.1, 0.15) is 0 Å². The normalized spacial score (nSPS) is 15.9. The van der Waals surface area contributed by atoms with Crippen molar-refractivity contribution in [2.24, 2.45) is 0 Å². The molecule has 2 aromatic rings. The molecule has 0 bridgehead atoms. The van der Waals surface area contributed by atoms with E-state index in [1.165, 1.54) is 10.4 Å². The zero-order chi connectivity index (χ0) is 19.4. The average molecular weight is 385 g/mol. The second-order valence-electron chi connectivity index (χ2n) is 6.43. The summed E-state index contributed by atoms with van der Waals surface area (Å²) in [4.78, 5) is 12.2. The summed E-state index contributed by atoms with van der Waals surface area (Å²) in [5.41, 5.74) is 3.14. The third-order valence-corrected chi connectivity index (χ3v) is 6.34. The van der Waals surface area contributed by atoms with Gasteiger partial charge in [-0.3, -0.25) is 4.31 Å². The summed E-state index contributed by atoms with van der Waals surface area (Å²) >= 11 is 0. The molecule has 0 saturated heterocycles. The van der Waals surface area contributed by atoms with Crippen LogP contribution in [0.5, 0.6) is 0 Å². The van der Waals surface area contributed by atoms with Crippen molar-refractivity contribution in [2.45, 2.75) is 31.6 Å². The maximum Gasteiger partial charge on any atom is 0.331 e. The Balaban J connectivity index is 2.07. The molecule has 2 aromatic carbocycles. The van der Waals surface area contributed by atoms with Crippen molar-refractivity contribution in [3.05, 3.63) is 65.7 Å². The highest BCUT2D eigenvalue weighted by Gasteiger charge is 2.29. The molecule has 3 rings (SSSR count). The summed E-state index contributed by atoms with van der Waals surface area (Å²) in [5, 5.41) is 0. The Kier molecular flexibility index (Phi) is 5.65. The highest BCUT2D eigenvalue weighted by molar-refractivity contribution is 7.92. The monoisotopic (exact) mass is 385 g/mol. The minimum absolute atomic E-state index is 0.265. The van der Waals surface area contributed by atoms with Gasteiger partial charge in [0.25, 0.3) is 10.0 Å². The summed E-state index contributed by atoms with van der Waals surface area (Å²) in [6, 6.07) is 14.1. The molecule has 1 heterocycles. The van der Waals surface area contributed by atoms with Gasteiger partial charge >= 0.3 is 5.97 Å². The zero-order valence-electron chi connectivity index (χ0n) is 15.5. The van der Waals surface area contributed by atoms with Crippen molar-refractivity contribution in [1.29, 1.82) is 0 Å². The van der Waals surface area contributed by atoms with Crippen molar-refractivity contribution in [1.82, 2.24) is 0 Å². The largest absolute Gasteiger partial charge is 0.463 e. The fourth-order valence-electron chi connectivity index (χ4n) is 3.19. The first-order valence-corrected chi connectivity index (χ1v) is 10.4. The topological polar surface area (TPSA) is 63.7 Å².